The van der Waals surface area contributed by atoms with E-state index >= 15 is 0 Å². The lowest BCUT2D eigenvalue weighted by molar-refractivity contribution is 0.0320. The van der Waals surface area contributed by atoms with E-state index < -0.39 is 23.5 Å². The van der Waals surface area contributed by atoms with Crippen LogP contribution in [-0.4, -0.2) is 86.9 Å². The van der Waals surface area contributed by atoms with Crippen molar-refractivity contribution in [2.45, 2.75) is 39.2 Å². The number of carbonyl (C=O) groups excluding carboxylic acids is 2. The minimum atomic E-state index is -0.589. The minimum Gasteiger partial charge on any atom is -0.491 e. The average Bonchev–Trinajstić information content (AvgIpc) is 3.23. The Morgan fingerprint density at radius 3 is 2.58 bits per heavy atom. The molecule has 1 aromatic heterocycles. The Morgan fingerprint density at radius 2 is 1.95 bits per heavy atom. The van der Waals surface area contributed by atoms with Gasteiger partial charge in [-0.15, -0.1) is 11.3 Å². The van der Waals surface area contributed by atoms with E-state index in [-0.39, 0.29) is 24.6 Å². The number of ether oxygens (including phenoxy) is 3. The number of halogens is 1. The van der Waals surface area contributed by atoms with Gasteiger partial charge in [0.2, 0.25) is 0 Å². The molecule has 1 aromatic carbocycles. The van der Waals surface area contributed by atoms with Crippen molar-refractivity contribution in [2.24, 2.45) is 0 Å². The standard InChI is InChI=1S/C27H37FN4O5S/c1-27(2,3)37-26(34)32(6)15-8-10-19-12-13-21(20(28)18-19)36-17-9-11-22-23(24(33)35-7)30-25(38-22)29-14-16-31(4)5/h12-13,18H,9,11,14-17H2,1-7H3,(H,29,30). The predicted molar refractivity (Wildman–Crippen MR) is 146 cm³/mol. The Bertz CT molecular complexity index is 1150. The van der Waals surface area contributed by atoms with Crippen molar-refractivity contribution in [3.8, 4) is 17.6 Å². The number of aromatic nitrogens is 1. The van der Waals surface area contributed by atoms with E-state index in [1.807, 2.05) is 19.0 Å². The lowest BCUT2D eigenvalue weighted by Crippen LogP contribution is -2.34. The summed E-state index contributed by atoms with van der Waals surface area (Å²) in [5.41, 5.74) is 0.166. The van der Waals surface area contributed by atoms with Gasteiger partial charge >= 0.3 is 12.1 Å². The molecular weight excluding hydrogens is 511 g/mol. The second-order valence-electron chi connectivity index (χ2n) is 9.75. The van der Waals surface area contributed by atoms with Crippen molar-refractivity contribution < 1.29 is 28.2 Å². The molecule has 1 amide bonds. The summed E-state index contributed by atoms with van der Waals surface area (Å²) >= 11 is 1.40. The zero-order chi connectivity index (χ0) is 28.3. The molecule has 11 heteroatoms. The topological polar surface area (TPSA) is 93.2 Å². The quantitative estimate of drug-likeness (QED) is 0.253. The van der Waals surface area contributed by atoms with Gasteiger partial charge in [0, 0.05) is 30.6 Å². The molecule has 0 aliphatic heterocycles. The zero-order valence-electron chi connectivity index (χ0n) is 23.1. The molecule has 38 heavy (non-hydrogen) atoms. The Balaban J connectivity index is 1.89. The second kappa shape index (κ2) is 14.5. The molecule has 0 unspecified atom stereocenters. The van der Waals surface area contributed by atoms with Crippen LogP contribution < -0.4 is 10.1 Å². The van der Waals surface area contributed by atoms with Gasteiger partial charge in [-0.1, -0.05) is 11.8 Å². The molecule has 9 nitrogen and oxygen atoms in total. The number of carbonyl (C=O) groups is 2. The fourth-order valence-corrected chi connectivity index (χ4v) is 4.03. The number of esters is 1. The van der Waals surface area contributed by atoms with Crippen LogP contribution >= 0.6 is 11.3 Å². The van der Waals surface area contributed by atoms with Gasteiger partial charge in [-0.3, -0.25) is 0 Å². The first-order valence-corrected chi connectivity index (χ1v) is 13.0. The van der Waals surface area contributed by atoms with E-state index in [1.54, 1.807) is 33.9 Å². The highest BCUT2D eigenvalue weighted by atomic mass is 32.1. The van der Waals surface area contributed by atoms with Crippen LogP contribution in [-0.2, 0) is 15.9 Å². The van der Waals surface area contributed by atoms with E-state index in [0.717, 1.165) is 11.4 Å². The summed E-state index contributed by atoms with van der Waals surface area (Å²) < 4.78 is 30.3. The molecule has 1 N–H and O–H groups in total. The van der Waals surface area contributed by atoms with Gasteiger partial charge in [-0.2, -0.15) is 0 Å². The highest BCUT2D eigenvalue weighted by Crippen LogP contribution is 2.25. The van der Waals surface area contributed by atoms with Crippen LogP contribution in [0.2, 0.25) is 0 Å². The fraction of sp³-hybridized carbons (Fsp3) is 0.519. The van der Waals surface area contributed by atoms with Gasteiger partial charge in [-0.25, -0.2) is 19.0 Å². The van der Waals surface area contributed by atoms with E-state index in [0.29, 0.717) is 30.1 Å². The van der Waals surface area contributed by atoms with Crippen molar-refractivity contribution in [2.75, 3.05) is 59.8 Å². The fourth-order valence-electron chi connectivity index (χ4n) is 3.01. The number of likely N-dealkylation sites (N-methyl/N-ethyl adjacent to an activating group) is 1. The van der Waals surface area contributed by atoms with Gasteiger partial charge in [0.15, 0.2) is 22.4 Å². The summed E-state index contributed by atoms with van der Waals surface area (Å²) in [4.78, 5) is 32.7. The monoisotopic (exact) mass is 548 g/mol. The van der Waals surface area contributed by atoms with Crippen LogP contribution in [0, 0.1) is 17.7 Å². The molecule has 0 bridgehead atoms. The third-order valence-electron chi connectivity index (χ3n) is 4.90. The van der Waals surface area contributed by atoms with E-state index in [9.17, 15) is 14.0 Å². The van der Waals surface area contributed by atoms with Gasteiger partial charge in [0.05, 0.1) is 20.3 Å². The van der Waals surface area contributed by atoms with Crippen LogP contribution in [0.1, 0.15) is 48.1 Å². The number of rotatable bonds is 11. The highest BCUT2D eigenvalue weighted by Gasteiger charge is 2.20. The summed E-state index contributed by atoms with van der Waals surface area (Å²) in [5, 5.41) is 3.88. The number of methoxy groups -OCH3 is 1. The lowest BCUT2D eigenvalue weighted by Gasteiger charge is -2.23. The maximum atomic E-state index is 14.5. The molecule has 208 valence electrons. The first-order chi connectivity index (χ1) is 17.9. The third-order valence-corrected chi connectivity index (χ3v) is 5.98. The van der Waals surface area contributed by atoms with Gasteiger partial charge < -0.3 is 29.3 Å². The number of benzene rings is 1. The van der Waals surface area contributed by atoms with Crippen molar-refractivity contribution in [3.05, 3.63) is 40.2 Å². The smallest absolute Gasteiger partial charge is 0.410 e. The van der Waals surface area contributed by atoms with E-state index in [1.165, 1.54) is 35.5 Å². The first kappa shape index (κ1) is 30.9. The van der Waals surface area contributed by atoms with Crippen molar-refractivity contribution in [3.63, 3.8) is 0 Å². The number of amides is 1. The normalized spacial score (nSPS) is 11.0. The maximum absolute atomic E-state index is 14.5. The average molecular weight is 549 g/mol. The zero-order valence-corrected chi connectivity index (χ0v) is 24.0. The number of hydrogen-bond acceptors (Lipinski definition) is 9. The third kappa shape index (κ3) is 10.6. The minimum absolute atomic E-state index is 0.116. The summed E-state index contributed by atoms with van der Waals surface area (Å²) in [5.74, 6) is 4.78. The van der Waals surface area contributed by atoms with Crippen molar-refractivity contribution in [1.29, 1.82) is 0 Å². The molecule has 2 aromatic rings. The summed E-state index contributed by atoms with van der Waals surface area (Å²) in [6.07, 6.45) is 0.616. The Labute approximate surface area is 228 Å². The SMILES string of the molecule is COC(=O)c1nc(NCCN(C)C)sc1CCCOc1ccc(C#CCN(C)C(=O)OC(C)(C)C)cc1F. The molecule has 2 rings (SSSR count). The van der Waals surface area contributed by atoms with Crippen LogP contribution in [0.25, 0.3) is 0 Å². The second-order valence-corrected chi connectivity index (χ2v) is 10.8. The molecule has 0 saturated heterocycles. The molecule has 0 fully saturated rings. The molecule has 0 spiro atoms. The van der Waals surface area contributed by atoms with E-state index in [4.69, 9.17) is 14.2 Å². The summed E-state index contributed by atoms with van der Waals surface area (Å²) in [6.45, 7) is 7.30. The maximum Gasteiger partial charge on any atom is 0.410 e. The molecule has 0 radical (unpaired) electrons. The summed E-state index contributed by atoms with van der Waals surface area (Å²) in [6, 6.07) is 4.47. The number of nitrogens with one attached hydrogen (secondary N) is 1. The Morgan fingerprint density at radius 1 is 1.21 bits per heavy atom. The van der Waals surface area contributed by atoms with Crippen LogP contribution in [0.5, 0.6) is 5.75 Å². The molecule has 0 aliphatic carbocycles. The van der Waals surface area contributed by atoms with Crippen LogP contribution in [0.15, 0.2) is 18.2 Å². The molecule has 1 heterocycles. The number of nitrogens with zero attached hydrogens (tertiary/aromatic N) is 3. The molecular formula is C27H37FN4O5S. The first-order valence-electron chi connectivity index (χ1n) is 12.2. The number of aryl methyl sites for hydroxylation is 1. The number of thiazole rings is 1. The molecule has 0 saturated carbocycles. The predicted octanol–water partition coefficient (Wildman–Crippen LogP) is 4.27. The Kier molecular flexibility index (Phi) is 11.8. The van der Waals surface area contributed by atoms with Gasteiger partial charge in [0.1, 0.15) is 5.60 Å². The van der Waals surface area contributed by atoms with Crippen LogP contribution in [0.3, 0.4) is 0 Å². The molecule has 0 atom stereocenters. The summed E-state index contributed by atoms with van der Waals surface area (Å²) in [7, 11) is 6.87. The largest absolute Gasteiger partial charge is 0.491 e. The van der Waals surface area contributed by atoms with Gasteiger partial charge in [0.25, 0.3) is 0 Å². The van der Waals surface area contributed by atoms with E-state index in [2.05, 4.69) is 22.1 Å². The lowest BCUT2D eigenvalue weighted by atomic mass is 10.2. The molecule has 0 aliphatic rings. The van der Waals surface area contributed by atoms with Crippen molar-refractivity contribution >= 4 is 28.5 Å². The van der Waals surface area contributed by atoms with Crippen molar-refractivity contribution in [1.82, 2.24) is 14.8 Å². The number of hydrogen-bond donors (Lipinski definition) is 1. The van der Waals surface area contributed by atoms with Crippen LogP contribution in [0.4, 0.5) is 14.3 Å². The Hall–Kier alpha value is -3.36. The number of anilines is 1. The van der Waals surface area contributed by atoms with Gasteiger partial charge in [-0.05, 0) is 65.9 Å². The highest BCUT2D eigenvalue weighted by molar-refractivity contribution is 7.15.